The molecule has 2 bridgehead atoms. The molecule has 2 amide bonds. The average Bonchev–Trinajstić information content (AvgIpc) is 3.17. The lowest BCUT2D eigenvalue weighted by atomic mass is 9.85. The van der Waals surface area contributed by atoms with E-state index in [1.165, 1.54) is 23.3 Å². The van der Waals surface area contributed by atoms with E-state index in [1.54, 1.807) is 0 Å². The third-order valence-corrected chi connectivity index (χ3v) is 7.54. The van der Waals surface area contributed by atoms with Crippen LogP contribution in [0.1, 0.15) is 38.2 Å². The van der Waals surface area contributed by atoms with Crippen molar-refractivity contribution in [3.05, 3.63) is 48.0 Å². The Morgan fingerprint density at radius 2 is 1.72 bits per heavy atom. The summed E-state index contributed by atoms with van der Waals surface area (Å²) >= 11 is 0. The zero-order chi connectivity index (χ0) is 21.4. The van der Waals surface area contributed by atoms with Crippen LogP contribution in [0.5, 0.6) is 0 Å². The molecule has 0 aromatic heterocycles. The molecule has 3 fully saturated rings. The molecule has 4 atom stereocenters. The molecule has 7 heteroatoms. The maximum absolute atomic E-state index is 12.8. The Hall–Kier alpha value is -1.90. The van der Waals surface area contributed by atoms with E-state index in [2.05, 4.69) is 60.0 Å². The van der Waals surface area contributed by atoms with Crippen molar-refractivity contribution in [2.45, 2.75) is 38.0 Å². The van der Waals surface area contributed by atoms with Crippen LogP contribution >= 0.6 is 24.0 Å². The van der Waals surface area contributed by atoms with Gasteiger partial charge >= 0.3 is 0 Å². The van der Waals surface area contributed by atoms with Crippen LogP contribution in [0.3, 0.4) is 0 Å². The summed E-state index contributed by atoms with van der Waals surface area (Å²) in [4.78, 5) is 31.9. The molecule has 1 aromatic carbocycles. The Morgan fingerprint density at radius 3 is 2.31 bits per heavy atom. The maximum Gasteiger partial charge on any atom is 0.233 e. The van der Waals surface area contributed by atoms with Crippen molar-refractivity contribution >= 4 is 41.8 Å². The third-order valence-electron chi connectivity index (χ3n) is 7.54. The number of carbonyl (C=O) groups excluding carboxylic acids is 2. The van der Waals surface area contributed by atoms with Gasteiger partial charge in [0, 0.05) is 25.0 Å². The van der Waals surface area contributed by atoms with Crippen LogP contribution in [-0.2, 0) is 15.0 Å². The Labute approximate surface area is 207 Å². The number of hydrogen-bond acceptors (Lipinski definition) is 3. The van der Waals surface area contributed by atoms with Crippen molar-refractivity contribution in [3.8, 4) is 0 Å². The summed E-state index contributed by atoms with van der Waals surface area (Å²) in [5.74, 6) is 1.27. The Kier molecular flexibility index (Phi) is 6.93. The molecule has 1 aliphatic heterocycles. The lowest BCUT2D eigenvalue weighted by Gasteiger charge is -2.18. The van der Waals surface area contributed by atoms with Gasteiger partial charge in [-0.3, -0.25) is 19.5 Å². The molecule has 1 saturated heterocycles. The monoisotopic (exact) mass is 548 g/mol. The summed E-state index contributed by atoms with van der Waals surface area (Å²) in [7, 11) is 0. The fourth-order valence-corrected chi connectivity index (χ4v) is 5.68. The highest BCUT2D eigenvalue weighted by atomic mass is 127. The second-order valence-corrected chi connectivity index (χ2v) is 9.45. The summed E-state index contributed by atoms with van der Waals surface area (Å²) < 4.78 is 0. The van der Waals surface area contributed by atoms with E-state index < -0.39 is 0 Å². The lowest BCUT2D eigenvalue weighted by molar-refractivity contribution is -0.140. The first kappa shape index (κ1) is 23.3. The second kappa shape index (κ2) is 9.53. The molecule has 5 rings (SSSR count). The fourth-order valence-electron chi connectivity index (χ4n) is 5.68. The highest BCUT2D eigenvalue weighted by Crippen LogP contribution is 2.52. The third kappa shape index (κ3) is 4.20. The minimum Gasteiger partial charge on any atom is -0.357 e. The molecular weight excluding hydrogens is 515 g/mol. The van der Waals surface area contributed by atoms with E-state index in [1.807, 2.05) is 0 Å². The van der Waals surface area contributed by atoms with E-state index in [0.29, 0.717) is 13.1 Å². The van der Waals surface area contributed by atoms with E-state index in [-0.39, 0.29) is 64.9 Å². The number of fused-ring (bicyclic) bond motifs is 5. The van der Waals surface area contributed by atoms with Crippen LogP contribution in [0.25, 0.3) is 0 Å². The van der Waals surface area contributed by atoms with Crippen molar-refractivity contribution in [1.29, 1.82) is 0 Å². The highest BCUT2D eigenvalue weighted by Gasteiger charge is 2.58. The van der Waals surface area contributed by atoms with Crippen LogP contribution in [0.2, 0.25) is 0 Å². The first-order chi connectivity index (χ1) is 15.1. The van der Waals surface area contributed by atoms with Gasteiger partial charge in [-0.1, -0.05) is 42.5 Å². The van der Waals surface area contributed by atoms with Gasteiger partial charge in [0.05, 0.1) is 18.4 Å². The summed E-state index contributed by atoms with van der Waals surface area (Å²) in [5.41, 5.74) is 1.55. The maximum atomic E-state index is 12.8. The molecular formula is C25H33IN4O2. The fraction of sp³-hybridized carbons (Fsp3) is 0.560. The molecule has 4 aliphatic rings. The smallest absolute Gasteiger partial charge is 0.233 e. The summed E-state index contributed by atoms with van der Waals surface area (Å²) in [6.45, 7) is 4.80. The lowest BCUT2D eigenvalue weighted by Crippen LogP contribution is -2.40. The van der Waals surface area contributed by atoms with E-state index >= 15 is 0 Å². The van der Waals surface area contributed by atoms with Crippen molar-refractivity contribution in [1.82, 2.24) is 15.5 Å². The first-order valence-corrected chi connectivity index (χ1v) is 11.7. The molecule has 4 unspecified atom stereocenters. The molecule has 1 aromatic rings. The van der Waals surface area contributed by atoms with Crippen molar-refractivity contribution < 1.29 is 9.59 Å². The van der Waals surface area contributed by atoms with Gasteiger partial charge in [-0.15, -0.1) is 24.0 Å². The SMILES string of the molecule is CCNC(=NCC1(c2ccccc2)CC1)NCCCN1C(=O)C2C3C=CC(C3)C2C1=O.I. The number of allylic oxidation sites excluding steroid dienone is 2. The topological polar surface area (TPSA) is 73.8 Å². The minimum absolute atomic E-state index is 0. The molecule has 172 valence electrons. The number of halogens is 1. The average molecular weight is 548 g/mol. The highest BCUT2D eigenvalue weighted by molar-refractivity contribution is 14.0. The normalized spacial score (nSPS) is 29.2. The number of carbonyl (C=O) groups is 2. The molecule has 6 nitrogen and oxygen atoms in total. The van der Waals surface area contributed by atoms with Gasteiger partial charge in [0.25, 0.3) is 0 Å². The van der Waals surface area contributed by atoms with Crippen molar-refractivity contribution in [2.75, 3.05) is 26.2 Å². The predicted octanol–water partition coefficient (Wildman–Crippen LogP) is 3.09. The van der Waals surface area contributed by atoms with Crippen LogP contribution in [-0.4, -0.2) is 48.9 Å². The Bertz CT molecular complexity index is 882. The number of hydrogen-bond donors (Lipinski definition) is 2. The van der Waals surface area contributed by atoms with Crippen LogP contribution in [0.4, 0.5) is 0 Å². The van der Waals surface area contributed by atoms with E-state index in [4.69, 9.17) is 4.99 Å². The molecule has 0 radical (unpaired) electrons. The largest absolute Gasteiger partial charge is 0.357 e. The predicted molar refractivity (Wildman–Crippen MR) is 136 cm³/mol. The van der Waals surface area contributed by atoms with Crippen molar-refractivity contribution in [3.63, 3.8) is 0 Å². The van der Waals surface area contributed by atoms with Gasteiger partial charge in [0.1, 0.15) is 0 Å². The minimum atomic E-state index is -0.0953. The first-order valence-electron chi connectivity index (χ1n) is 11.7. The number of rotatable bonds is 8. The molecule has 2 N–H and O–H groups in total. The molecule has 32 heavy (non-hydrogen) atoms. The Balaban J connectivity index is 0.00000245. The summed E-state index contributed by atoms with van der Waals surface area (Å²) in [5, 5.41) is 6.70. The van der Waals surface area contributed by atoms with Crippen LogP contribution < -0.4 is 10.6 Å². The molecule has 3 aliphatic carbocycles. The van der Waals surface area contributed by atoms with Crippen LogP contribution in [0.15, 0.2) is 47.5 Å². The zero-order valence-electron chi connectivity index (χ0n) is 18.6. The second-order valence-electron chi connectivity index (χ2n) is 9.45. The van der Waals surface area contributed by atoms with Gasteiger partial charge in [-0.2, -0.15) is 0 Å². The number of guanidine groups is 1. The van der Waals surface area contributed by atoms with Gasteiger partial charge in [-0.25, -0.2) is 0 Å². The number of amides is 2. The number of nitrogens with one attached hydrogen (secondary N) is 2. The summed E-state index contributed by atoms with van der Waals surface area (Å²) in [6.07, 6.45) is 8.35. The van der Waals surface area contributed by atoms with Crippen LogP contribution in [0, 0.1) is 23.7 Å². The van der Waals surface area contributed by atoms with Crippen molar-refractivity contribution in [2.24, 2.45) is 28.7 Å². The molecule has 2 saturated carbocycles. The molecule has 1 heterocycles. The number of benzene rings is 1. The number of aliphatic imine (C=N–C) groups is 1. The zero-order valence-corrected chi connectivity index (χ0v) is 21.0. The van der Waals surface area contributed by atoms with Gasteiger partial charge in [0.2, 0.25) is 11.8 Å². The number of likely N-dealkylation sites (tertiary alicyclic amines) is 1. The van der Waals surface area contributed by atoms with Gasteiger partial charge < -0.3 is 10.6 Å². The van der Waals surface area contributed by atoms with Gasteiger partial charge in [-0.05, 0) is 50.0 Å². The molecule has 0 spiro atoms. The quantitative estimate of drug-likeness (QED) is 0.131. The Morgan fingerprint density at radius 1 is 1.06 bits per heavy atom. The number of nitrogens with zero attached hydrogens (tertiary/aromatic N) is 2. The number of imide groups is 1. The van der Waals surface area contributed by atoms with Gasteiger partial charge in [0.15, 0.2) is 5.96 Å². The van der Waals surface area contributed by atoms with E-state index in [0.717, 1.165) is 31.9 Å². The standard InChI is InChI=1S/C25H32N4O2.HI/c1-2-26-24(28-16-25(11-12-25)19-7-4-3-5-8-19)27-13-6-14-29-22(30)20-17-9-10-18(15-17)21(20)23(29)31;/h3-5,7-10,17-18,20-21H,2,6,11-16H2,1H3,(H2,26,27,28);1H. The van der Waals surface area contributed by atoms with E-state index in [9.17, 15) is 9.59 Å². The summed E-state index contributed by atoms with van der Waals surface area (Å²) in [6, 6.07) is 10.6.